The second-order valence-electron chi connectivity index (χ2n) is 4.74. The number of ketones is 1. The van der Waals surface area contributed by atoms with Crippen molar-refractivity contribution in [1.82, 2.24) is 9.55 Å². The molecule has 0 aliphatic heterocycles. The van der Waals surface area contributed by atoms with Crippen LogP contribution in [0.2, 0.25) is 5.02 Å². The van der Waals surface area contributed by atoms with Gasteiger partial charge in [-0.2, -0.15) is 0 Å². The summed E-state index contributed by atoms with van der Waals surface area (Å²) in [4.78, 5) is 27.6. The first-order valence-corrected chi connectivity index (χ1v) is 8.69. The molecule has 0 aliphatic carbocycles. The predicted molar refractivity (Wildman–Crippen MR) is 85.3 cm³/mol. The minimum absolute atomic E-state index is 0.0797. The molecule has 2 rings (SSSR count). The Morgan fingerprint density at radius 1 is 1.38 bits per heavy atom. The maximum Gasteiger partial charge on any atom is 0.356 e. The molecule has 0 radical (unpaired) electrons. The molecule has 2 N–H and O–H groups in total. The molecule has 1 aromatic carbocycles. The summed E-state index contributed by atoms with van der Waals surface area (Å²) in [6, 6.07) is 3.75. The lowest BCUT2D eigenvalue weighted by molar-refractivity contribution is 0.0514. The summed E-state index contributed by atoms with van der Waals surface area (Å²) in [5.41, 5.74) is 0.206. The topological polar surface area (TPSA) is 121 Å². The van der Waals surface area contributed by atoms with Crippen molar-refractivity contribution in [1.29, 1.82) is 0 Å². The standard InChI is InChI=1S/C14H14ClN3O5S/c1-2-23-14(20)11-6-17-8-18(11)7-12(19)9-3-4-10(15)13(5-9)24(16,21)22/h3-6,8H,2,7H2,1H3,(H2,16,21,22). The fourth-order valence-corrected chi connectivity index (χ4v) is 3.03. The van der Waals surface area contributed by atoms with E-state index in [9.17, 15) is 18.0 Å². The number of carbonyl (C=O) groups is 2. The molecule has 0 saturated carbocycles. The third kappa shape index (κ3) is 3.99. The summed E-state index contributed by atoms with van der Waals surface area (Å²) in [5, 5.41) is 4.98. The largest absolute Gasteiger partial charge is 0.461 e. The molecule has 0 aliphatic rings. The number of halogens is 1. The molecule has 8 nitrogen and oxygen atoms in total. The minimum atomic E-state index is -4.06. The highest BCUT2D eigenvalue weighted by Gasteiger charge is 2.19. The van der Waals surface area contributed by atoms with Gasteiger partial charge in [-0.25, -0.2) is 23.3 Å². The Kier molecular flexibility index (Phi) is 5.37. The molecule has 2 aromatic rings. The van der Waals surface area contributed by atoms with Gasteiger partial charge in [0.25, 0.3) is 0 Å². The number of aromatic nitrogens is 2. The molecule has 1 heterocycles. The monoisotopic (exact) mass is 371 g/mol. The van der Waals surface area contributed by atoms with Crippen LogP contribution in [0.5, 0.6) is 0 Å². The lowest BCUT2D eigenvalue weighted by atomic mass is 10.1. The molecule has 0 amide bonds. The Bertz CT molecular complexity index is 892. The lowest BCUT2D eigenvalue weighted by Crippen LogP contribution is -2.18. The van der Waals surface area contributed by atoms with Crippen LogP contribution in [0.4, 0.5) is 0 Å². The molecule has 0 saturated heterocycles. The van der Waals surface area contributed by atoms with Gasteiger partial charge in [0.15, 0.2) is 5.78 Å². The summed E-state index contributed by atoms with van der Waals surface area (Å²) < 4.78 is 29.1. The molecule has 0 unspecified atom stereocenters. The molecule has 0 bridgehead atoms. The van der Waals surface area contributed by atoms with Crippen LogP contribution in [0.15, 0.2) is 35.6 Å². The number of nitrogens with two attached hydrogens (primary N) is 1. The van der Waals surface area contributed by atoms with Crippen molar-refractivity contribution >= 4 is 33.4 Å². The normalized spacial score (nSPS) is 11.3. The Balaban J connectivity index is 2.29. The van der Waals surface area contributed by atoms with E-state index in [0.29, 0.717) is 0 Å². The summed E-state index contributed by atoms with van der Waals surface area (Å²) >= 11 is 5.78. The van der Waals surface area contributed by atoms with Crippen LogP contribution < -0.4 is 5.14 Å². The molecule has 0 atom stereocenters. The zero-order valence-electron chi connectivity index (χ0n) is 12.6. The number of primary sulfonamides is 1. The molecule has 1 aromatic heterocycles. The van der Waals surface area contributed by atoms with Crippen LogP contribution in [0.1, 0.15) is 27.8 Å². The molecule has 0 fully saturated rings. The van der Waals surface area contributed by atoms with E-state index >= 15 is 0 Å². The smallest absolute Gasteiger partial charge is 0.356 e. The lowest BCUT2D eigenvalue weighted by Gasteiger charge is -2.08. The number of ether oxygens (including phenoxy) is 1. The van der Waals surface area contributed by atoms with Crippen LogP contribution in [0, 0.1) is 0 Å². The highest BCUT2D eigenvalue weighted by atomic mass is 35.5. The van der Waals surface area contributed by atoms with Crippen molar-refractivity contribution in [2.75, 3.05) is 6.61 Å². The molecular weight excluding hydrogens is 358 g/mol. The van der Waals surface area contributed by atoms with E-state index in [1.54, 1.807) is 6.92 Å². The van der Waals surface area contributed by atoms with Gasteiger partial charge in [0.05, 0.1) is 30.7 Å². The first-order chi connectivity index (χ1) is 11.2. The average molecular weight is 372 g/mol. The maximum absolute atomic E-state index is 12.4. The number of hydrogen-bond acceptors (Lipinski definition) is 6. The molecular formula is C14H14ClN3O5S. The van der Waals surface area contributed by atoms with Crippen molar-refractivity contribution in [2.45, 2.75) is 18.4 Å². The highest BCUT2D eigenvalue weighted by Crippen LogP contribution is 2.22. The van der Waals surface area contributed by atoms with E-state index < -0.39 is 21.8 Å². The minimum Gasteiger partial charge on any atom is -0.461 e. The highest BCUT2D eigenvalue weighted by molar-refractivity contribution is 7.89. The van der Waals surface area contributed by atoms with Gasteiger partial charge < -0.3 is 9.30 Å². The Morgan fingerprint density at radius 2 is 2.08 bits per heavy atom. The van der Waals surface area contributed by atoms with E-state index in [1.165, 1.54) is 29.2 Å². The van der Waals surface area contributed by atoms with E-state index in [0.717, 1.165) is 6.07 Å². The van der Waals surface area contributed by atoms with E-state index in [2.05, 4.69) is 4.98 Å². The van der Waals surface area contributed by atoms with Crippen molar-refractivity contribution in [3.05, 3.63) is 47.0 Å². The van der Waals surface area contributed by atoms with Gasteiger partial charge in [-0.15, -0.1) is 0 Å². The Hall–Kier alpha value is -2.23. The van der Waals surface area contributed by atoms with Crippen LogP contribution >= 0.6 is 11.6 Å². The summed E-state index contributed by atoms with van der Waals surface area (Å²) in [7, 11) is -4.06. The predicted octanol–water partition coefficient (Wildman–Crippen LogP) is 1.24. The number of esters is 1. The van der Waals surface area contributed by atoms with E-state index in [-0.39, 0.29) is 34.3 Å². The second-order valence-corrected chi connectivity index (χ2v) is 6.68. The van der Waals surface area contributed by atoms with Gasteiger partial charge in [-0.3, -0.25) is 4.79 Å². The van der Waals surface area contributed by atoms with Crippen molar-refractivity contribution in [3.63, 3.8) is 0 Å². The number of benzene rings is 1. The Labute approximate surface area is 143 Å². The van der Waals surface area contributed by atoms with Crippen LogP contribution in [0.25, 0.3) is 0 Å². The van der Waals surface area contributed by atoms with Crippen LogP contribution in [0.3, 0.4) is 0 Å². The van der Waals surface area contributed by atoms with Gasteiger partial charge >= 0.3 is 5.97 Å². The third-order valence-electron chi connectivity index (χ3n) is 3.07. The second kappa shape index (κ2) is 7.12. The summed E-state index contributed by atoms with van der Waals surface area (Å²) in [5.74, 6) is -1.05. The number of Topliss-reactive ketones (excluding diaryl/α,β-unsaturated/α-hetero) is 1. The van der Waals surface area contributed by atoms with Gasteiger partial charge in [-0.1, -0.05) is 11.6 Å². The molecule has 0 spiro atoms. The summed E-state index contributed by atoms with van der Waals surface area (Å²) in [6.07, 6.45) is 2.59. The number of carbonyl (C=O) groups excluding carboxylic acids is 2. The fraction of sp³-hybridized carbons (Fsp3) is 0.214. The SMILES string of the molecule is CCOC(=O)c1cncn1CC(=O)c1ccc(Cl)c(S(N)(=O)=O)c1. The number of sulfonamides is 1. The van der Waals surface area contributed by atoms with Crippen LogP contribution in [-0.4, -0.2) is 36.3 Å². The van der Waals surface area contributed by atoms with Gasteiger partial charge in [0.1, 0.15) is 10.6 Å². The van der Waals surface area contributed by atoms with Crippen molar-refractivity contribution in [3.8, 4) is 0 Å². The van der Waals surface area contributed by atoms with Gasteiger partial charge in [-0.05, 0) is 25.1 Å². The third-order valence-corrected chi connectivity index (χ3v) is 4.46. The zero-order valence-corrected chi connectivity index (χ0v) is 14.2. The molecule has 128 valence electrons. The first-order valence-electron chi connectivity index (χ1n) is 6.76. The number of nitrogens with zero attached hydrogens (tertiary/aromatic N) is 2. The van der Waals surface area contributed by atoms with Gasteiger partial charge in [0, 0.05) is 5.56 Å². The number of hydrogen-bond donors (Lipinski definition) is 1. The van der Waals surface area contributed by atoms with Crippen LogP contribution in [-0.2, 0) is 21.3 Å². The van der Waals surface area contributed by atoms with Gasteiger partial charge in [0.2, 0.25) is 10.0 Å². The average Bonchev–Trinajstić information content (AvgIpc) is 2.94. The first kappa shape index (κ1) is 18.1. The van der Waals surface area contributed by atoms with E-state index in [4.69, 9.17) is 21.5 Å². The van der Waals surface area contributed by atoms with Crippen molar-refractivity contribution in [2.24, 2.45) is 5.14 Å². The number of rotatable bonds is 6. The summed E-state index contributed by atoms with van der Waals surface area (Å²) in [6.45, 7) is 1.62. The maximum atomic E-state index is 12.4. The quantitative estimate of drug-likeness (QED) is 0.602. The van der Waals surface area contributed by atoms with Crippen molar-refractivity contribution < 1.29 is 22.7 Å². The zero-order chi connectivity index (χ0) is 17.9. The van der Waals surface area contributed by atoms with E-state index in [1.807, 2.05) is 0 Å². The number of imidazole rings is 1. The molecule has 10 heteroatoms. The Morgan fingerprint density at radius 3 is 2.71 bits per heavy atom. The fourth-order valence-electron chi connectivity index (χ4n) is 1.96. The molecule has 24 heavy (non-hydrogen) atoms.